The molecule has 0 aliphatic rings. The van der Waals surface area contributed by atoms with Crippen molar-refractivity contribution in [2.75, 3.05) is 0 Å². The average Bonchev–Trinajstić information content (AvgIpc) is 1.76. The van der Waals surface area contributed by atoms with Crippen LogP contribution in [-0.2, 0) is 21.1 Å². The largest absolute Gasteiger partial charge is 4.00 e. The Morgan fingerprint density at radius 1 is 1.00 bits per heavy atom. The Labute approximate surface area is 59.2 Å². The summed E-state index contributed by atoms with van der Waals surface area (Å²) < 4.78 is 0. The van der Waals surface area contributed by atoms with Crippen molar-refractivity contribution >= 4 is 0 Å². The Morgan fingerprint density at radius 3 is 1.57 bits per heavy atom. The van der Waals surface area contributed by atoms with Crippen molar-refractivity contribution in [3.63, 3.8) is 0 Å². The van der Waals surface area contributed by atoms with Crippen LogP contribution in [0.5, 0.6) is 0 Å². The van der Waals surface area contributed by atoms with Gasteiger partial charge in [0.15, 0.2) is 0 Å². The van der Waals surface area contributed by atoms with Crippen LogP contribution in [0, 0.1) is 7.43 Å². The monoisotopic (exact) mass is 275 g/mol. The third kappa shape index (κ3) is 3.88. The molecule has 0 radical (unpaired) electrons. The van der Waals surface area contributed by atoms with Crippen molar-refractivity contribution in [1.29, 1.82) is 0 Å². The molecule has 0 spiro atoms. The summed E-state index contributed by atoms with van der Waals surface area (Å²) in [4.78, 5) is 0. The molecule has 1 aromatic carbocycles. The molecule has 0 atom stereocenters. The Hall–Kier alpha value is 0.0383. The summed E-state index contributed by atoms with van der Waals surface area (Å²) >= 11 is 0. The summed E-state index contributed by atoms with van der Waals surface area (Å²) in [5.74, 6) is 0. The summed E-state index contributed by atoms with van der Waals surface area (Å²) in [5.41, 5.74) is 0. The fraction of sp³-hybridized carbons (Fsp3) is 0. The summed E-state index contributed by atoms with van der Waals surface area (Å²) in [6.45, 7) is 0. The molecule has 0 saturated carbocycles. The van der Waals surface area contributed by atoms with E-state index in [9.17, 15) is 0 Å². The quantitative estimate of drug-likeness (QED) is 0.634. The fourth-order valence-electron chi connectivity index (χ4n) is 0.321. The van der Waals surface area contributed by atoms with Crippen LogP contribution in [0.4, 0.5) is 0 Å². The first kappa shape index (κ1) is 10.1. The Balaban J connectivity index is 0. The van der Waals surface area contributed by atoms with Crippen LogP contribution in [0.3, 0.4) is 0 Å². The summed E-state index contributed by atoms with van der Waals surface area (Å²) in [6, 6.07) is 10.0. The molecule has 0 fully saturated rings. The molecule has 0 bridgehead atoms. The molecule has 0 unspecified atom stereocenters. The van der Waals surface area contributed by atoms with Crippen molar-refractivity contribution < 1.29 is 21.1 Å². The predicted octanol–water partition coefficient (Wildman–Crippen LogP) is 1.85. The van der Waals surface area contributed by atoms with E-state index in [2.05, 4.69) is 0 Å². The number of hydrogen-bond acceptors (Lipinski definition) is 0. The fourth-order valence-corrected chi connectivity index (χ4v) is 0.321. The van der Waals surface area contributed by atoms with Crippen molar-refractivity contribution in [3.8, 4) is 0 Å². The molecule has 0 amide bonds. The molecule has 1 heteroatoms. The van der Waals surface area contributed by atoms with Crippen LogP contribution in [0.15, 0.2) is 30.3 Å². The first-order valence-corrected chi connectivity index (χ1v) is 1.67. The molecule has 7 heavy (non-hydrogen) atoms. The molecule has 0 N–H and O–H groups in total. The second-order valence-corrected chi connectivity index (χ2v) is 0.962. The van der Waals surface area contributed by atoms with Crippen LogP contribution in [0.1, 0.15) is 0 Å². The van der Waals surface area contributed by atoms with E-state index in [4.69, 9.17) is 0 Å². The van der Waals surface area contributed by atoms with E-state index in [1.807, 2.05) is 30.3 Å². The van der Waals surface area contributed by atoms with E-state index in [1.165, 1.54) is 0 Å². The normalized spacial score (nSPS) is 5.71. The Morgan fingerprint density at radius 2 is 1.43 bits per heavy atom. The molecule has 0 aromatic heterocycles. The van der Waals surface area contributed by atoms with Crippen LogP contribution in [-0.4, -0.2) is 0 Å². The van der Waals surface area contributed by atoms with E-state index in [-0.39, 0.29) is 28.5 Å². The van der Waals surface area contributed by atoms with Crippen LogP contribution >= 0.6 is 0 Å². The summed E-state index contributed by atoms with van der Waals surface area (Å²) in [5, 5.41) is 0. The molecular weight excluding hydrogens is 267 g/mol. The van der Waals surface area contributed by atoms with Gasteiger partial charge in [0.05, 0.1) is 0 Å². The smallest absolute Gasteiger partial charge is 0.358 e. The second kappa shape index (κ2) is 6.04. The Bertz CT molecular complexity index is 60.7. The van der Waals surface area contributed by atoms with Gasteiger partial charge in [-0.05, 0) is 0 Å². The minimum absolute atomic E-state index is 0. The zero-order valence-corrected chi connectivity index (χ0v) is 6.48. The van der Waals surface area contributed by atoms with Crippen molar-refractivity contribution in [2.45, 2.75) is 0 Å². The minimum Gasteiger partial charge on any atom is -0.358 e. The van der Waals surface area contributed by atoms with E-state index in [0.29, 0.717) is 0 Å². The topological polar surface area (TPSA) is 0 Å². The predicted molar refractivity (Wildman–Crippen MR) is 28.4 cm³/mol. The van der Waals surface area contributed by atoms with Crippen LogP contribution in [0.2, 0.25) is 0 Å². The molecule has 0 saturated heterocycles. The van der Waals surface area contributed by atoms with Gasteiger partial charge in [-0.3, -0.25) is 0 Å². The molecule has 0 aliphatic heterocycles. The SMILES string of the molecule is [CH3-].[Pt+4].c1cc[cH-]c1. The Kier molecular flexibility index (Phi) is 8.72. The van der Waals surface area contributed by atoms with E-state index < -0.39 is 0 Å². The summed E-state index contributed by atoms with van der Waals surface area (Å²) in [7, 11) is 0. The van der Waals surface area contributed by atoms with Crippen LogP contribution < -0.4 is 0 Å². The summed E-state index contributed by atoms with van der Waals surface area (Å²) in [6.07, 6.45) is 0. The van der Waals surface area contributed by atoms with Crippen LogP contribution in [0.25, 0.3) is 0 Å². The molecular formula is C6H8Pt+2. The maximum Gasteiger partial charge on any atom is 4.00 e. The van der Waals surface area contributed by atoms with E-state index >= 15 is 0 Å². The standard InChI is InChI=1S/C5H5.CH3.Pt/c1-2-4-5-3-1;;/h1-5H;1H3;/q2*-1;+4. The van der Waals surface area contributed by atoms with Gasteiger partial charge in [-0.1, -0.05) is 0 Å². The van der Waals surface area contributed by atoms with Gasteiger partial charge in [-0.15, -0.1) is 0 Å². The van der Waals surface area contributed by atoms with E-state index in [0.717, 1.165) is 0 Å². The average molecular weight is 275 g/mol. The number of rotatable bonds is 0. The van der Waals surface area contributed by atoms with Crippen molar-refractivity contribution in [3.05, 3.63) is 37.8 Å². The molecule has 0 nitrogen and oxygen atoms in total. The second-order valence-electron chi connectivity index (χ2n) is 0.962. The van der Waals surface area contributed by atoms with Gasteiger partial charge in [0, 0.05) is 0 Å². The van der Waals surface area contributed by atoms with Gasteiger partial charge >= 0.3 is 21.1 Å². The molecule has 1 aromatic rings. The first-order valence-electron chi connectivity index (χ1n) is 1.67. The minimum atomic E-state index is 0. The third-order valence-electron chi connectivity index (χ3n) is 0.556. The van der Waals surface area contributed by atoms with Gasteiger partial charge in [-0.2, -0.15) is 18.2 Å². The van der Waals surface area contributed by atoms with Gasteiger partial charge in [0.25, 0.3) is 0 Å². The van der Waals surface area contributed by atoms with Crippen molar-refractivity contribution in [1.82, 2.24) is 0 Å². The van der Waals surface area contributed by atoms with Gasteiger partial charge < -0.3 is 7.43 Å². The zero-order valence-electron chi connectivity index (χ0n) is 4.20. The van der Waals surface area contributed by atoms with E-state index in [1.54, 1.807) is 0 Å². The molecule has 0 aliphatic carbocycles. The number of hydrogen-bond donors (Lipinski definition) is 0. The molecule has 40 valence electrons. The zero-order chi connectivity index (χ0) is 3.54. The van der Waals surface area contributed by atoms with Crippen molar-refractivity contribution in [2.24, 2.45) is 0 Å². The van der Waals surface area contributed by atoms with Gasteiger partial charge in [0.1, 0.15) is 0 Å². The molecule has 0 heterocycles. The maximum absolute atomic E-state index is 2.00. The first-order chi connectivity index (χ1) is 2.50. The third-order valence-corrected chi connectivity index (χ3v) is 0.556. The molecule has 1 rings (SSSR count). The van der Waals surface area contributed by atoms with Gasteiger partial charge in [-0.25, -0.2) is 12.1 Å². The van der Waals surface area contributed by atoms with Gasteiger partial charge in [0.2, 0.25) is 0 Å². The maximum atomic E-state index is 2.00.